The standard InChI is InChI=1S/C15H19Cl2N3O/c1-3-20-13(15(17)10(2)19-20)9-21-14-5-4-11(6-7-18)8-12(14)16/h4-5,8H,3,6-7,9,18H2,1-2H3. The fourth-order valence-corrected chi connectivity index (χ4v) is 2.58. The molecule has 0 amide bonds. The summed E-state index contributed by atoms with van der Waals surface area (Å²) in [6.07, 6.45) is 0.799. The first kappa shape index (κ1) is 16.1. The van der Waals surface area contributed by atoms with E-state index in [0.29, 0.717) is 28.9 Å². The Labute approximate surface area is 134 Å². The molecule has 1 heterocycles. The number of benzene rings is 1. The second-order valence-electron chi connectivity index (χ2n) is 4.75. The highest BCUT2D eigenvalue weighted by molar-refractivity contribution is 6.32. The fourth-order valence-electron chi connectivity index (χ4n) is 2.14. The third-order valence-corrected chi connectivity index (χ3v) is 4.03. The lowest BCUT2D eigenvalue weighted by molar-refractivity contribution is 0.292. The molecule has 0 radical (unpaired) electrons. The summed E-state index contributed by atoms with van der Waals surface area (Å²) < 4.78 is 7.63. The third-order valence-electron chi connectivity index (χ3n) is 3.25. The summed E-state index contributed by atoms with van der Waals surface area (Å²) in [5, 5.41) is 5.59. The molecule has 0 saturated carbocycles. The molecule has 0 bridgehead atoms. The first-order valence-corrected chi connectivity index (χ1v) is 7.65. The van der Waals surface area contributed by atoms with Crippen molar-refractivity contribution in [2.24, 2.45) is 5.73 Å². The molecule has 21 heavy (non-hydrogen) atoms. The minimum absolute atomic E-state index is 0.337. The molecule has 6 heteroatoms. The molecule has 0 aliphatic rings. The lowest BCUT2D eigenvalue weighted by Gasteiger charge is -2.11. The zero-order valence-corrected chi connectivity index (χ0v) is 13.7. The van der Waals surface area contributed by atoms with Crippen LogP contribution >= 0.6 is 23.2 Å². The van der Waals surface area contributed by atoms with Gasteiger partial charge in [-0.3, -0.25) is 4.68 Å². The maximum absolute atomic E-state index is 6.25. The zero-order valence-electron chi connectivity index (χ0n) is 12.2. The normalized spacial score (nSPS) is 10.9. The van der Waals surface area contributed by atoms with Crippen LogP contribution in [0.3, 0.4) is 0 Å². The van der Waals surface area contributed by atoms with Crippen molar-refractivity contribution in [1.29, 1.82) is 0 Å². The van der Waals surface area contributed by atoms with Gasteiger partial charge in [0, 0.05) is 6.54 Å². The molecule has 0 fully saturated rings. The molecular weight excluding hydrogens is 309 g/mol. The molecule has 2 N–H and O–H groups in total. The largest absolute Gasteiger partial charge is 0.486 e. The SMILES string of the molecule is CCn1nc(C)c(Cl)c1COc1ccc(CCN)cc1Cl. The van der Waals surface area contributed by atoms with E-state index >= 15 is 0 Å². The smallest absolute Gasteiger partial charge is 0.138 e. The minimum atomic E-state index is 0.337. The van der Waals surface area contributed by atoms with E-state index in [0.717, 1.165) is 29.9 Å². The van der Waals surface area contributed by atoms with E-state index in [2.05, 4.69) is 5.10 Å². The fraction of sp³-hybridized carbons (Fsp3) is 0.400. The summed E-state index contributed by atoms with van der Waals surface area (Å²) in [6.45, 7) is 5.58. The van der Waals surface area contributed by atoms with E-state index in [-0.39, 0.29) is 0 Å². The molecule has 2 rings (SSSR count). The Morgan fingerprint density at radius 2 is 2.10 bits per heavy atom. The van der Waals surface area contributed by atoms with Gasteiger partial charge in [-0.15, -0.1) is 0 Å². The predicted molar refractivity (Wildman–Crippen MR) is 86.2 cm³/mol. The number of hydrogen-bond acceptors (Lipinski definition) is 3. The van der Waals surface area contributed by atoms with Gasteiger partial charge in [0.15, 0.2) is 0 Å². The number of aromatic nitrogens is 2. The Hall–Kier alpha value is -1.23. The van der Waals surface area contributed by atoms with Gasteiger partial charge in [-0.05, 0) is 44.5 Å². The van der Waals surface area contributed by atoms with Crippen LogP contribution in [0.15, 0.2) is 18.2 Å². The Kier molecular flexibility index (Phi) is 5.51. The van der Waals surface area contributed by atoms with Crippen molar-refractivity contribution in [2.45, 2.75) is 33.4 Å². The van der Waals surface area contributed by atoms with E-state index in [1.54, 1.807) is 0 Å². The molecule has 0 unspecified atom stereocenters. The van der Waals surface area contributed by atoms with Crippen molar-refractivity contribution >= 4 is 23.2 Å². The Morgan fingerprint density at radius 3 is 2.71 bits per heavy atom. The molecule has 1 aromatic carbocycles. The number of aryl methyl sites for hydroxylation is 2. The van der Waals surface area contributed by atoms with Crippen molar-refractivity contribution in [2.75, 3.05) is 6.54 Å². The average Bonchev–Trinajstić information content (AvgIpc) is 2.74. The lowest BCUT2D eigenvalue weighted by atomic mass is 10.1. The van der Waals surface area contributed by atoms with Crippen molar-refractivity contribution in [3.63, 3.8) is 0 Å². The number of rotatable bonds is 6. The van der Waals surface area contributed by atoms with Gasteiger partial charge in [0.05, 0.1) is 21.4 Å². The van der Waals surface area contributed by atoms with Crippen LogP contribution in [-0.4, -0.2) is 16.3 Å². The van der Waals surface area contributed by atoms with Crippen LogP contribution in [0.4, 0.5) is 0 Å². The Morgan fingerprint density at radius 1 is 1.33 bits per heavy atom. The van der Waals surface area contributed by atoms with Crippen LogP contribution < -0.4 is 10.5 Å². The van der Waals surface area contributed by atoms with Gasteiger partial charge in [-0.2, -0.15) is 5.10 Å². The number of nitrogens with zero attached hydrogens (tertiary/aromatic N) is 2. The van der Waals surface area contributed by atoms with Gasteiger partial charge in [-0.1, -0.05) is 29.3 Å². The average molecular weight is 328 g/mol. The lowest BCUT2D eigenvalue weighted by Crippen LogP contribution is -2.07. The van der Waals surface area contributed by atoms with Crippen molar-refractivity contribution in [3.8, 4) is 5.75 Å². The molecule has 1 aromatic heterocycles. The summed E-state index contributed by atoms with van der Waals surface area (Å²) in [7, 11) is 0. The van der Waals surface area contributed by atoms with E-state index in [1.165, 1.54) is 0 Å². The minimum Gasteiger partial charge on any atom is -0.486 e. The maximum atomic E-state index is 6.25. The first-order chi connectivity index (χ1) is 10.1. The highest BCUT2D eigenvalue weighted by Crippen LogP contribution is 2.28. The van der Waals surface area contributed by atoms with E-state index in [9.17, 15) is 0 Å². The number of nitrogens with two attached hydrogens (primary N) is 1. The van der Waals surface area contributed by atoms with Crippen LogP contribution in [0, 0.1) is 6.92 Å². The molecule has 114 valence electrons. The molecule has 0 spiro atoms. The molecule has 2 aromatic rings. The van der Waals surface area contributed by atoms with Crippen molar-refractivity contribution in [3.05, 3.63) is 45.2 Å². The summed E-state index contributed by atoms with van der Waals surface area (Å²) in [5.74, 6) is 0.634. The van der Waals surface area contributed by atoms with Crippen molar-refractivity contribution < 1.29 is 4.74 Å². The van der Waals surface area contributed by atoms with Gasteiger partial charge in [0.1, 0.15) is 12.4 Å². The molecule has 4 nitrogen and oxygen atoms in total. The first-order valence-electron chi connectivity index (χ1n) is 6.89. The van der Waals surface area contributed by atoms with Gasteiger partial charge in [0.2, 0.25) is 0 Å². The summed E-state index contributed by atoms with van der Waals surface area (Å²) >= 11 is 12.5. The monoisotopic (exact) mass is 327 g/mol. The zero-order chi connectivity index (χ0) is 15.4. The maximum Gasteiger partial charge on any atom is 0.138 e. The van der Waals surface area contributed by atoms with Gasteiger partial charge in [0.25, 0.3) is 0 Å². The summed E-state index contributed by atoms with van der Waals surface area (Å²) in [4.78, 5) is 0. The van der Waals surface area contributed by atoms with Crippen LogP contribution in [0.25, 0.3) is 0 Å². The van der Waals surface area contributed by atoms with Crippen LogP contribution in [-0.2, 0) is 19.6 Å². The van der Waals surface area contributed by atoms with E-state index in [4.69, 9.17) is 33.7 Å². The van der Waals surface area contributed by atoms with Gasteiger partial charge >= 0.3 is 0 Å². The summed E-state index contributed by atoms with van der Waals surface area (Å²) in [6, 6.07) is 5.71. The molecule has 0 aliphatic heterocycles. The van der Waals surface area contributed by atoms with Gasteiger partial charge in [-0.25, -0.2) is 0 Å². The van der Waals surface area contributed by atoms with Crippen LogP contribution in [0.2, 0.25) is 10.0 Å². The van der Waals surface area contributed by atoms with Crippen molar-refractivity contribution in [1.82, 2.24) is 9.78 Å². The Balaban J connectivity index is 2.13. The Bertz CT molecular complexity index is 626. The predicted octanol–water partition coefficient (Wildman–Crippen LogP) is 3.60. The number of hydrogen-bond donors (Lipinski definition) is 1. The van der Waals surface area contributed by atoms with E-state index in [1.807, 2.05) is 36.7 Å². The topological polar surface area (TPSA) is 53.1 Å². The number of halogens is 2. The molecular formula is C15H19Cl2N3O. The third kappa shape index (κ3) is 3.70. The highest BCUT2D eigenvalue weighted by atomic mass is 35.5. The van der Waals surface area contributed by atoms with Crippen LogP contribution in [0.1, 0.15) is 23.9 Å². The highest BCUT2D eigenvalue weighted by Gasteiger charge is 2.13. The molecule has 0 aliphatic carbocycles. The van der Waals surface area contributed by atoms with E-state index < -0.39 is 0 Å². The molecule has 0 saturated heterocycles. The quantitative estimate of drug-likeness (QED) is 0.881. The second kappa shape index (κ2) is 7.16. The number of ether oxygens (including phenoxy) is 1. The van der Waals surface area contributed by atoms with Gasteiger partial charge < -0.3 is 10.5 Å². The van der Waals surface area contributed by atoms with Crippen LogP contribution in [0.5, 0.6) is 5.75 Å². The second-order valence-corrected chi connectivity index (χ2v) is 5.54. The summed E-state index contributed by atoms with van der Waals surface area (Å²) in [5.41, 5.74) is 8.30. The molecule has 0 atom stereocenters.